The fraction of sp³-hybridized carbons (Fsp3) is 0.238. The van der Waals surface area contributed by atoms with Crippen LogP contribution in [-0.2, 0) is 18.9 Å². The van der Waals surface area contributed by atoms with Crippen molar-refractivity contribution in [2.24, 2.45) is 0 Å². The smallest absolute Gasteiger partial charge is 0.257 e. The highest BCUT2D eigenvalue weighted by atomic mass is 35.5. The van der Waals surface area contributed by atoms with E-state index in [-0.39, 0.29) is 23.5 Å². The quantitative estimate of drug-likeness (QED) is 0.0408. The van der Waals surface area contributed by atoms with Gasteiger partial charge in [-0.2, -0.15) is 20.4 Å². The van der Waals surface area contributed by atoms with Crippen molar-refractivity contribution in [1.82, 2.24) is 97.9 Å². The Morgan fingerprint density at radius 1 is 0.336 bits per heavy atom. The van der Waals surface area contributed by atoms with E-state index in [0.717, 1.165) is 140 Å². The molecule has 4 aliphatic heterocycles. The number of carbonyl (C=O) groups is 4. The van der Waals surface area contributed by atoms with Crippen molar-refractivity contribution in [3.63, 3.8) is 0 Å². The van der Waals surface area contributed by atoms with E-state index >= 15 is 0 Å². The molecule has 0 saturated carbocycles. The van der Waals surface area contributed by atoms with Crippen molar-refractivity contribution in [3.8, 4) is 70.4 Å². The minimum atomic E-state index is -0.547. The number of carbonyl (C=O) groups excluding carboxylic acids is 4. The Kier molecular flexibility index (Phi) is 34.0. The molecule has 0 atom stereocenters. The molecule has 38 heteroatoms. The van der Waals surface area contributed by atoms with Crippen LogP contribution in [0.25, 0.3) is 22.6 Å². The van der Waals surface area contributed by atoms with Crippen LogP contribution in [0.1, 0.15) is 92.0 Å². The number of amides is 4. The first-order valence-electron chi connectivity index (χ1n) is 46.0. The van der Waals surface area contributed by atoms with Crippen LogP contribution in [0.15, 0.2) is 251 Å². The van der Waals surface area contributed by atoms with Gasteiger partial charge in [-0.3, -0.25) is 58.7 Å². The summed E-state index contributed by atoms with van der Waals surface area (Å²) in [5.41, 5.74) is 12.5. The first-order valence-corrected chi connectivity index (χ1v) is 46.4. The molecule has 4 amide bonds. The largest absolute Gasteiger partial charge is 0.492 e. The SMILES string of the molecule is Cc1cc(NC(=O)c2cncc(C#Cc3cnc4cccnn34)c2)ccc1OCCN1CCOCC1.O=C(Nc1ccc(OCCN2CCOCC2)c(Cl)c1)c1cncc(C#Cc2cnc3cccnn23)c1.O=C(Nc1ccc(OCCN2CCOCC2)c(F)c1)c1cncc(C#Cc2cnc3cccnn23)c1.O=C(Nc1ccc(OCCN2CCOCC2)cc1)c1cncc(C#Cc2cnc3cccnn23)c1. The average molecular weight is 1940 g/mol. The number of nitrogens with zero attached hydrogens (tertiary/aromatic N) is 20. The van der Waals surface area contributed by atoms with E-state index in [1.165, 1.54) is 36.9 Å². The molecule has 0 bridgehead atoms. The van der Waals surface area contributed by atoms with Crippen LogP contribution >= 0.6 is 11.6 Å². The molecular weight excluding hydrogens is 1840 g/mol. The van der Waals surface area contributed by atoms with E-state index in [4.69, 9.17) is 49.5 Å². The fourth-order valence-corrected chi connectivity index (χ4v) is 15.1. The summed E-state index contributed by atoms with van der Waals surface area (Å²) in [5, 5.41) is 28.7. The second kappa shape index (κ2) is 49.6. The average Bonchev–Trinajstić information content (AvgIpc) is 1.63. The number of pyridine rings is 4. The highest BCUT2D eigenvalue weighted by molar-refractivity contribution is 6.32. The number of hydrogen-bond donors (Lipinski definition) is 4. The molecule has 12 aromatic heterocycles. The van der Waals surface area contributed by atoms with Gasteiger partial charge in [0.15, 0.2) is 34.2 Å². The molecule has 0 radical (unpaired) electrons. The maximum atomic E-state index is 14.5. The van der Waals surface area contributed by atoms with Gasteiger partial charge in [-0.1, -0.05) is 35.3 Å². The molecule has 143 heavy (non-hydrogen) atoms. The number of fused-ring (bicyclic) bond motifs is 4. The van der Waals surface area contributed by atoms with Crippen LogP contribution in [0.2, 0.25) is 5.02 Å². The molecule has 4 aromatic carbocycles. The van der Waals surface area contributed by atoms with Gasteiger partial charge in [-0.15, -0.1) is 0 Å². The fourth-order valence-electron chi connectivity index (χ4n) is 14.9. The van der Waals surface area contributed by atoms with Crippen LogP contribution in [-0.4, -0.2) is 279 Å². The lowest BCUT2D eigenvalue weighted by atomic mass is 10.1. The van der Waals surface area contributed by atoms with Gasteiger partial charge in [-0.25, -0.2) is 42.4 Å². The standard InChI is InChI=1S/C27H26N6O3.C26H23ClN6O3.C26H23FN6O3.C26H24N6O3/c1-20-15-23(5-7-25(20)36-14-11-32-9-12-35-13-10-32)31-27(34)22-16-21(17-28-18-22)4-6-24-19-29-26-3-2-8-30-33(24)26;2*27-23-15-21(4-6-24(23)36-13-10-32-8-11-35-12-9-32)31-26(34)20-14-19(16-28-17-20)3-5-22-18-29-25-2-1-7-30-33(22)25;33-26(30-22-4-7-24(8-5-22)35-15-12-31-10-13-34-14-11-31)21-16-20(17-27-18-21)3-6-23-19-28-25-2-1-9-29-32(23)25/h2-3,5,7-8,15-19H,9-14H2,1H3,(H,31,34);2*1-2,4,6-7,14-18H,8-13H2,(H,31,34);1-2,4-5,7-9,16-19H,10-15H2,(H,30,33). The molecule has 4 aliphatic rings. The van der Waals surface area contributed by atoms with Gasteiger partial charge in [0.2, 0.25) is 0 Å². The second-order valence-corrected chi connectivity index (χ2v) is 32.8. The number of hydrogen-bond acceptors (Lipinski definition) is 28. The van der Waals surface area contributed by atoms with Crippen LogP contribution in [0.5, 0.6) is 23.0 Å². The Labute approximate surface area is 826 Å². The molecule has 20 rings (SSSR count). The van der Waals surface area contributed by atoms with Gasteiger partial charge < -0.3 is 59.2 Å². The van der Waals surface area contributed by atoms with Gasteiger partial charge in [0.1, 0.15) is 66.5 Å². The number of anilines is 4. The molecule has 4 saturated heterocycles. The normalized spacial score (nSPS) is 13.7. The molecule has 0 aliphatic carbocycles. The van der Waals surface area contributed by atoms with Crippen LogP contribution in [0.4, 0.5) is 27.1 Å². The van der Waals surface area contributed by atoms with E-state index < -0.39 is 11.7 Å². The van der Waals surface area contributed by atoms with Gasteiger partial charge in [0.25, 0.3) is 23.6 Å². The lowest BCUT2D eigenvalue weighted by Crippen LogP contribution is -2.38. The summed E-state index contributed by atoms with van der Waals surface area (Å²) in [4.78, 5) is 93.9. The zero-order valence-electron chi connectivity index (χ0n) is 77.7. The first kappa shape index (κ1) is 97.8. The van der Waals surface area contributed by atoms with Gasteiger partial charge in [0, 0.05) is 204 Å². The summed E-state index contributed by atoms with van der Waals surface area (Å²) in [5.74, 6) is 24.6. The van der Waals surface area contributed by atoms with Crippen molar-refractivity contribution in [2.75, 3.05) is 179 Å². The van der Waals surface area contributed by atoms with Crippen molar-refractivity contribution in [1.29, 1.82) is 0 Å². The predicted octanol–water partition coefficient (Wildman–Crippen LogP) is 11.1. The summed E-state index contributed by atoms with van der Waals surface area (Å²) in [6, 6.07) is 43.8. The third-order valence-corrected chi connectivity index (χ3v) is 22.8. The number of imidazole rings is 4. The van der Waals surface area contributed by atoms with Crippen LogP contribution in [0, 0.1) is 60.1 Å². The van der Waals surface area contributed by atoms with Crippen LogP contribution in [0.3, 0.4) is 0 Å². The van der Waals surface area contributed by atoms with Crippen molar-refractivity contribution >= 4 is 80.6 Å². The Hall–Kier alpha value is -16.8. The number of rotatable bonds is 24. The highest BCUT2D eigenvalue weighted by Gasteiger charge is 2.20. The van der Waals surface area contributed by atoms with Gasteiger partial charge >= 0.3 is 0 Å². The molecule has 4 fully saturated rings. The Morgan fingerprint density at radius 2 is 0.629 bits per heavy atom. The van der Waals surface area contributed by atoms with E-state index in [2.05, 4.69) is 148 Å². The number of nitrogens with one attached hydrogen (secondary N) is 4. The molecule has 16 aromatic rings. The Bertz CT molecular complexity index is 6900. The third-order valence-electron chi connectivity index (χ3n) is 22.5. The topological polar surface area (TPSA) is 376 Å². The first-order chi connectivity index (χ1) is 70.2. The number of halogens is 2. The molecule has 4 N–H and O–H groups in total. The minimum absolute atomic E-state index is 0.141. The van der Waals surface area contributed by atoms with Crippen LogP contribution < -0.4 is 40.2 Å². The molecule has 16 heterocycles. The maximum Gasteiger partial charge on any atom is 0.257 e. The lowest BCUT2D eigenvalue weighted by molar-refractivity contribution is 0.0320. The summed E-state index contributed by atoms with van der Waals surface area (Å²) in [7, 11) is 0. The predicted molar refractivity (Wildman–Crippen MR) is 531 cm³/mol. The summed E-state index contributed by atoms with van der Waals surface area (Å²) >= 11 is 6.38. The monoisotopic (exact) mass is 1940 g/mol. The number of aromatic nitrogens is 16. The summed E-state index contributed by atoms with van der Waals surface area (Å²) < 4.78 is 65.7. The number of ether oxygens (including phenoxy) is 8. The zero-order chi connectivity index (χ0) is 98.1. The van der Waals surface area contributed by atoms with Crippen molar-refractivity contribution in [3.05, 3.63) is 334 Å². The summed E-state index contributed by atoms with van der Waals surface area (Å²) in [6.45, 7) is 20.6. The third kappa shape index (κ3) is 28.1. The molecule has 722 valence electrons. The highest BCUT2D eigenvalue weighted by Crippen LogP contribution is 2.30. The van der Waals surface area contributed by atoms with E-state index in [9.17, 15) is 23.6 Å². The second-order valence-electron chi connectivity index (χ2n) is 32.4. The molecular formula is C105H96ClFN24O12. The van der Waals surface area contributed by atoms with Gasteiger partial charge in [0.05, 0.1) is 105 Å². The minimum Gasteiger partial charge on any atom is -0.492 e. The Balaban J connectivity index is 0.000000131. The van der Waals surface area contributed by atoms with Crippen molar-refractivity contribution < 1.29 is 61.5 Å². The lowest BCUT2D eigenvalue weighted by Gasteiger charge is -2.26. The maximum absolute atomic E-state index is 14.5. The number of benzene rings is 4. The molecule has 0 unspecified atom stereocenters. The van der Waals surface area contributed by atoms with E-state index in [1.54, 1.807) is 147 Å². The number of morpholine rings is 4. The van der Waals surface area contributed by atoms with E-state index in [1.807, 2.05) is 91.9 Å². The number of aryl methyl sites for hydroxylation is 1. The summed E-state index contributed by atoms with van der Waals surface area (Å²) in [6.07, 6.45) is 25.6. The Morgan fingerprint density at radius 3 is 0.965 bits per heavy atom. The zero-order valence-corrected chi connectivity index (χ0v) is 78.5. The van der Waals surface area contributed by atoms with Crippen molar-refractivity contribution in [2.45, 2.75) is 6.92 Å². The molecule has 36 nitrogen and oxygen atoms in total. The molecule has 0 spiro atoms. The van der Waals surface area contributed by atoms with E-state index in [0.29, 0.717) is 158 Å². The van der Waals surface area contributed by atoms with Gasteiger partial charge in [-0.05, 0) is 182 Å².